The zero-order chi connectivity index (χ0) is 13.2. The van der Waals surface area contributed by atoms with Crippen LogP contribution in [0.3, 0.4) is 0 Å². The Morgan fingerprint density at radius 1 is 1.47 bits per heavy atom. The van der Waals surface area contributed by atoms with E-state index in [9.17, 15) is 10.2 Å². The van der Waals surface area contributed by atoms with Crippen LogP contribution in [0.5, 0.6) is 5.75 Å². The second-order valence-corrected chi connectivity index (χ2v) is 5.36. The number of hydrogen-bond acceptors (Lipinski definition) is 5. The first-order chi connectivity index (χ1) is 7.77. The van der Waals surface area contributed by atoms with Gasteiger partial charge in [-0.05, 0) is 17.0 Å². The lowest BCUT2D eigenvalue weighted by molar-refractivity contribution is 0.183. The number of hydrogen-bond donors (Lipinski definition) is 2. The molecule has 17 heavy (non-hydrogen) atoms. The molecular weight excluding hydrogens is 242 g/mol. The third-order valence-electron chi connectivity index (χ3n) is 2.69. The van der Waals surface area contributed by atoms with Crippen molar-refractivity contribution in [2.75, 3.05) is 18.6 Å². The number of halogens is 1. The number of anilines is 1. The van der Waals surface area contributed by atoms with E-state index in [1.165, 1.54) is 6.20 Å². The average molecular weight is 260 g/mol. The molecule has 1 unspecified atom stereocenters. The standard InChI is InChI=1S/C11H18ClN3O2/c1-11(2,3)8(6-16)15(4)9-7(17)5-13-10(12)14-9/h5,8,16-17H,6H2,1-4H3. The smallest absolute Gasteiger partial charge is 0.224 e. The predicted molar refractivity (Wildman–Crippen MR) is 67.4 cm³/mol. The number of aromatic nitrogens is 2. The van der Waals surface area contributed by atoms with Gasteiger partial charge in [0.15, 0.2) is 11.6 Å². The van der Waals surface area contributed by atoms with Gasteiger partial charge in [-0.25, -0.2) is 4.98 Å². The summed E-state index contributed by atoms with van der Waals surface area (Å²) in [5.41, 5.74) is -0.159. The summed E-state index contributed by atoms with van der Waals surface area (Å²) in [6.07, 6.45) is 1.25. The fraction of sp³-hybridized carbons (Fsp3) is 0.636. The number of aliphatic hydroxyl groups is 1. The maximum absolute atomic E-state index is 9.71. The van der Waals surface area contributed by atoms with E-state index in [0.717, 1.165) is 0 Å². The van der Waals surface area contributed by atoms with E-state index in [1.807, 2.05) is 20.8 Å². The minimum Gasteiger partial charge on any atom is -0.503 e. The largest absolute Gasteiger partial charge is 0.503 e. The molecule has 0 aliphatic rings. The molecule has 5 nitrogen and oxygen atoms in total. The van der Waals surface area contributed by atoms with Gasteiger partial charge in [-0.1, -0.05) is 20.8 Å². The first-order valence-corrected chi connectivity index (χ1v) is 5.70. The molecule has 0 saturated heterocycles. The molecule has 1 atom stereocenters. The minimum atomic E-state index is -0.181. The molecule has 0 spiro atoms. The first-order valence-electron chi connectivity index (χ1n) is 5.32. The summed E-state index contributed by atoms with van der Waals surface area (Å²) in [7, 11) is 1.75. The zero-order valence-electron chi connectivity index (χ0n) is 10.5. The number of rotatable bonds is 3. The Kier molecular flexibility index (Phi) is 4.16. The summed E-state index contributed by atoms with van der Waals surface area (Å²) in [6.45, 7) is 5.97. The molecule has 1 rings (SSSR count). The Morgan fingerprint density at radius 3 is 2.53 bits per heavy atom. The van der Waals surface area contributed by atoms with Gasteiger partial charge < -0.3 is 15.1 Å². The molecule has 0 aromatic carbocycles. The van der Waals surface area contributed by atoms with E-state index in [-0.39, 0.29) is 29.1 Å². The van der Waals surface area contributed by atoms with E-state index >= 15 is 0 Å². The van der Waals surface area contributed by atoms with E-state index < -0.39 is 0 Å². The van der Waals surface area contributed by atoms with Crippen LogP contribution in [-0.4, -0.2) is 39.9 Å². The molecule has 0 saturated carbocycles. The summed E-state index contributed by atoms with van der Waals surface area (Å²) in [5.74, 6) is 0.263. The molecule has 96 valence electrons. The lowest BCUT2D eigenvalue weighted by Gasteiger charge is -2.37. The van der Waals surface area contributed by atoms with Gasteiger partial charge >= 0.3 is 0 Å². The highest BCUT2D eigenvalue weighted by atomic mass is 35.5. The Hall–Kier alpha value is -1.07. The molecule has 1 heterocycles. The molecule has 0 bridgehead atoms. The normalized spacial score (nSPS) is 13.5. The molecular formula is C11H18ClN3O2. The maximum Gasteiger partial charge on any atom is 0.224 e. The van der Waals surface area contributed by atoms with Crippen molar-refractivity contribution in [3.05, 3.63) is 11.5 Å². The van der Waals surface area contributed by atoms with Crippen molar-refractivity contribution in [1.29, 1.82) is 0 Å². The third kappa shape index (κ3) is 3.20. The van der Waals surface area contributed by atoms with Crippen LogP contribution in [-0.2, 0) is 0 Å². The highest BCUT2D eigenvalue weighted by molar-refractivity contribution is 6.28. The average Bonchev–Trinajstić information content (AvgIpc) is 2.20. The van der Waals surface area contributed by atoms with Crippen molar-refractivity contribution in [3.8, 4) is 5.75 Å². The summed E-state index contributed by atoms with van der Waals surface area (Å²) >= 11 is 5.70. The Labute approximate surface area is 106 Å². The summed E-state index contributed by atoms with van der Waals surface area (Å²) < 4.78 is 0. The summed E-state index contributed by atoms with van der Waals surface area (Å²) in [5, 5.41) is 19.2. The van der Waals surface area contributed by atoms with Crippen LogP contribution < -0.4 is 4.90 Å². The fourth-order valence-electron chi connectivity index (χ4n) is 1.73. The highest BCUT2D eigenvalue weighted by Crippen LogP contribution is 2.31. The van der Waals surface area contributed by atoms with Gasteiger partial charge in [-0.2, -0.15) is 4.98 Å². The van der Waals surface area contributed by atoms with Crippen LogP contribution >= 0.6 is 11.6 Å². The van der Waals surface area contributed by atoms with Crippen molar-refractivity contribution in [1.82, 2.24) is 9.97 Å². The van der Waals surface area contributed by atoms with Gasteiger partial charge in [0.1, 0.15) is 0 Å². The van der Waals surface area contributed by atoms with Gasteiger partial charge in [0.05, 0.1) is 18.8 Å². The number of aliphatic hydroxyl groups excluding tert-OH is 1. The second-order valence-electron chi connectivity index (χ2n) is 5.02. The lowest BCUT2D eigenvalue weighted by atomic mass is 9.86. The van der Waals surface area contributed by atoms with Crippen molar-refractivity contribution in [2.45, 2.75) is 26.8 Å². The summed E-state index contributed by atoms with van der Waals surface area (Å²) in [4.78, 5) is 9.37. The molecule has 6 heteroatoms. The minimum absolute atomic E-state index is 0.0406. The molecule has 1 aromatic heterocycles. The molecule has 0 aliphatic heterocycles. The maximum atomic E-state index is 9.71. The van der Waals surface area contributed by atoms with Crippen LogP contribution in [0.2, 0.25) is 5.28 Å². The van der Waals surface area contributed by atoms with Gasteiger partial charge in [0, 0.05) is 7.05 Å². The molecule has 2 N–H and O–H groups in total. The fourth-order valence-corrected chi connectivity index (χ4v) is 1.86. The van der Waals surface area contributed by atoms with Crippen molar-refractivity contribution < 1.29 is 10.2 Å². The molecule has 0 radical (unpaired) electrons. The van der Waals surface area contributed by atoms with Crippen LogP contribution in [0.15, 0.2) is 6.20 Å². The van der Waals surface area contributed by atoms with Crippen LogP contribution in [0, 0.1) is 5.41 Å². The van der Waals surface area contributed by atoms with Gasteiger partial charge in [-0.15, -0.1) is 0 Å². The van der Waals surface area contributed by atoms with Crippen LogP contribution in [0.25, 0.3) is 0 Å². The van der Waals surface area contributed by atoms with Crippen LogP contribution in [0.1, 0.15) is 20.8 Å². The topological polar surface area (TPSA) is 69.5 Å². The quantitative estimate of drug-likeness (QED) is 0.809. The second kappa shape index (κ2) is 5.06. The van der Waals surface area contributed by atoms with Gasteiger partial charge in [0.2, 0.25) is 5.28 Å². The summed E-state index contributed by atoms with van der Waals surface area (Å²) in [6, 6.07) is -0.181. The van der Waals surface area contributed by atoms with E-state index in [2.05, 4.69) is 9.97 Å². The Bertz CT molecular complexity index is 393. The van der Waals surface area contributed by atoms with E-state index in [1.54, 1.807) is 11.9 Å². The molecule has 0 aliphatic carbocycles. The van der Waals surface area contributed by atoms with E-state index in [4.69, 9.17) is 11.6 Å². The highest BCUT2D eigenvalue weighted by Gasteiger charge is 2.30. The Balaban J connectivity index is 3.10. The zero-order valence-corrected chi connectivity index (χ0v) is 11.2. The number of likely N-dealkylation sites (N-methyl/N-ethyl adjacent to an activating group) is 1. The number of aromatic hydroxyl groups is 1. The SMILES string of the molecule is CN(c1nc(Cl)ncc1O)C(CO)C(C)(C)C. The molecule has 0 amide bonds. The number of nitrogens with zero attached hydrogens (tertiary/aromatic N) is 3. The lowest BCUT2D eigenvalue weighted by Crippen LogP contribution is -2.45. The van der Waals surface area contributed by atoms with Crippen LogP contribution in [0.4, 0.5) is 5.82 Å². The van der Waals surface area contributed by atoms with Gasteiger partial charge in [-0.3, -0.25) is 0 Å². The first kappa shape index (κ1) is 14.0. The van der Waals surface area contributed by atoms with Crippen molar-refractivity contribution in [3.63, 3.8) is 0 Å². The molecule has 1 aromatic rings. The monoisotopic (exact) mass is 259 g/mol. The molecule has 0 fully saturated rings. The van der Waals surface area contributed by atoms with Crippen molar-refractivity contribution >= 4 is 17.4 Å². The van der Waals surface area contributed by atoms with Gasteiger partial charge in [0.25, 0.3) is 0 Å². The van der Waals surface area contributed by atoms with Crippen molar-refractivity contribution in [2.24, 2.45) is 5.41 Å². The van der Waals surface area contributed by atoms with E-state index in [0.29, 0.717) is 5.82 Å². The predicted octanol–water partition coefficient (Wildman–Crippen LogP) is 1.68. The Morgan fingerprint density at radius 2 is 2.06 bits per heavy atom. The third-order valence-corrected chi connectivity index (χ3v) is 2.88.